The minimum Gasteiger partial charge on any atom is -0.334 e. The van der Waals surface area contributed by atoms with Crippen LogP contribution in [-0.2, 0) is 13.0 Å². The first-order valence-electron chi connectivity index (χ1n) is 10.7. The van der Waals surface area contributed by atoms with E-state index in [9.17, 15) is 9.59 Å². The number of carbonyl (C=O) groups is 2. The number of nitrogens with zero attached hydrogens (tertiary/aromatic N) is 1. The van der Waals surface area contributed by atoms with Crippen molar-refractivity contribution in [1.29, 1.82) is 0 Å². The van der Waals surface area contributed by atoms with Crippen LogP contribution in [-0.4, -0.2) is 18.5 Å². The van der Waals surface area contributed by atoms with E-state index in [1.807, 2.05) is 78.6 Å². The fourth-order valence-electron chi connectivity index (χ4n) is 3.96. The summed E-state index contributed by atoms with van der Waals surface area (Å²) in [7, 11) is 0. The van der Waals surface area contributed by atoms with Crippen LogP contribution < -0.4 is 15.5 Å². The molecule has 0 saturated heterocycles. The number of amides is 3. The van der Waals surface area contributed by atoms with Gasteiger partial charge in [-0.1, -0.05) is 42.5 Å². The molecular weight excluding hydrogens is 386 g/mol. The molecule has 31 heavy (non-hydrogen) atoms. The number of benzene rings is 3. The number of anilines is 2. The monoisotopic (exact) mass is 413 g/mol. The SMILES string of the molecule is Cc1cc(C(=O)N2CCCCc3ccccc32)ccc1CNC(=O)Nc1ccccc1. The van der Waals surface area contributed by atoms with Gasteiger partial charge in [-0.2, -0.15) is 0 Å². The van der Waals surface area contributed by atoms with Crippen LogP contribution in [0.25, 0.3) is 0 Å². The molecule has 5 heteroatoms. The first-order valence-corrected chi connectivity index (χ1v) is 10.7. The van der Waals surface area contributed by atoms with Crippen LogP contribution in [0.5, 0.6) is 0 Å². The molecule has 1 aliphatic heterocycles. The number of rotatable bonds is 4. The molecular formula is C26H27N3O2. The average Bonchev–Trinajstić information content (AvgIpc) is 3.01. The van der Waals surface area contributed by atoms with Gasteiger partial charge in [0.05, 0.1) is 0 Å². The molecule has 0 bridgehead atoms. The molecule has 1 heterocycles. The summed E-state index contributed by atoms with van der Waals surface area (Å²) < 4.78 is 0. The highest BCUT2D eigenvalue weighted by Crippen LogP contribution is 2.28. The Balaban J connectivity index is 1.44. The zero-order valence-corrected chi connectivity index (χ0v) is 17.7. The molecule has 5 nitrogen and oxygen atoms in total. The van der Waals surface area contributed by atoms with Crippen molar-refractivity contribution in [3.05, 3.63) is 95.1 Å². The minimum atomic E-state index is -0.257. The first kappa shape index (κ1) is 20.7. The standard InChI is InChI=1S/C26H27N3O2/c1-19-17-21(25(30)29-16-8-7-10-20-9-5-6-13-24(20)29)14-15-22(19)18-27-26(31)28-23-11-3-2-4-12-23/h2-6,9,11-15,17H,7-8,10,16,18H2,1H3,(H2,27,28,31). The Morgan fingerprint density at radius 3 is 2.52 bits per heavy atom. The molecule has 3 amide bonds. The van der Waals surface area contributed by atoms with Crippen molar-refractivity contribution in [3.63, 3.8) is 0 Å². The highest BCUT2D eigenvalue weighted by Gasteiger charge is 2.22. The molecule has 4 rings (SSSR count). The maximum absolute atomic E-state index is 13.3. The number of carbonyl (C=O) groups excluding carboxylic acids is 2. The summed E-state index contributed by atoms with van der Waals surface area (Å²) in [6, 6.07) is 22.9. The lowest BCUT2D eigenvalue weighted by Gasteiger charge is -2.23. The van der Waals surface area contributed by atoms with E-state index in [2.05, 4.69) is 16.7 Å². The summed E-state index contributed by atoms with van der Waals surface area (Å²) in [5.41, 5.74) is 5.63. The van der Waals surface area contributed by atoms with Gasteiger partial charge in [-0.05, 0) is 73.2 Å². The Hall–Kier alpha value is -3.60. The number of aryl methyl sites for hydroxylation is 2. The van der Waals surface area contributed by atoms with Crippen LogP contribution in [0.4, 0.5) is 16.2 Å². The van der Waals surface area contributed by atoms with Crippen LogP contribution in [0.3, 0.4) is 0 Å². The smallest absolute Gasteiger partial charge is 0.319 e. The van der Waals surface area contributed by atoms with E-state index in [4.69, 9.17) is 0 Å². The summed E-state index contributed by atoms with van der Waals surface area (Å²) >= 11 is 0. The topological polar surface area (TPSA) is 61.4 Å². The van der Waals surface area contributed by atoms with Gasteiger partial charge in [-0.15, -0.1) is 0 Å². The van der Waals surface area contributed by atoms with E-state index >= 15 is 0 Å². The van der Waals surface area contributed by atoms with E-state index in [-0.39, 0.29) is 11.9 Å². The molecule has 3 aromatic rings. The van der Waals surface area contributed by atoms with Crippen molar-refractivity contribution in [1.82, 2.24) is 5.32 Å². The van der Waals surface area contributed by atoms with E-state index in [1.54, 1.807) is 0 Å². The molecule has 0 saturated carbocycles. The summed E-state index contributed by atoms with van der Waals surface area (Å²) in [5, 5.41) is 5.68. The van der Waals surface area contributed by atoms with E-state index in [0.717, 1.165) is 48.3 Å². The van der Waals surface area contributed by atoms with Crippen LogP contribution in [0.15, 0.2) is 72.8 Å². The van der Waals surface area contributed by atoms with Crippen molar-refractivity contribution >= 4 is 23.3 Å². The van der Waals surface area contributed by atoms with Gasteiger partial charge in [0.1, 0.15) is 0 Å². The zero-order valence-electron chi connectivity index (χ0n) is 17.7. The van der Waals surface area contributed by atoms with Crippen molar-refractivity contribution < 1.29 is 9.59 Å². The van der Waals surface area contributed by atoms with Gasteiger partial charge in [0.15, 0.2) is 0 Å². The molecule has 0 radical (unpaired) electrons. The predicted molar refractivity (Wildman–Crippen MR) is 125 cm³/mol. The number of urea groups is 1. The van der Waals surface area contributed by atoms with E-state index < -0.39 is 0 Å². The molecule has 2 N–H and O–H groups in total. The average molecular weight is 414 g/mol. The number of hydrogen-bond donors (Lipinski definition) is 2. The quantitative estimate of drug-likeness (QED) is 0.610. The Morgan fingerprint density at radius 2 is 1.71 bits per heavy atom. The normalized spacial score (nSPS) is 13.1. The van der Waals surface area contributed by atoms with Crippen LogP contribution in [0, 0.1) is 6.92 Å². The first-order chi connectivity index (χ1) is 15.1. The summed E-state index contributed by atoms with van der Waals surface area (Å²) in [4.78, 5) is 27.3. The second-order valence-corrected chi connectivity index (χ2v) is 7.86. The predicted octanol–water partition coefficient (Wildman–Crippen LogP) is 5.30. The third-order valence-corrected chi connectivity index (χ3v) is 5.67. The Labute approximate surface area is 183 Å². The van der Waals surface area contributed by atoms with Crippen molar-refractivity contribution in [3.8, 4) is 0 Å². The zero-order chi connectivity index (χ0) is 21.6. The second-order valence-electron chi connectivity index (χ2n) is 7.86. The fraction of sp³-hybridized carbons (Fsp3) is 0.231. The van der Waals surface area contributed by atoms with Crippen molar-refractivity contribution in [2.24, 2.45) is 0 Å². The highest BCUT2D eigenvalue weighted by molar-refractivity contribution is 6.06. The van der Waals surface area contributed by atoms with Gasteiger partial charge in [0, 0.05) is 30.0 Å². The molecule has 3 aromatic carbocycles. The molecule has 158 valence electrons. The fourth-order valence-corrected chi connectivity index (χ4v) is 3.96. The minimum absolute atomic E-state index is 0.0266. The number of para-hydroxylation sites is 2. The van der Waals surface area contributed by atoms with E-state index in [0.29, 0.717) is 12.1 Å². The van der Waals surface area contributed by atoms with Gasteiger partial charge in [-0.3, -0.25) is 4.79 Å². The van der Waals surface area contributed by atoms with Gasteiger partial charge < -0.3 is 15.5 Å². The van der Waals surface area contributed by atoms with Crippen molar-refractivity contribution in [2.75, 3.05) is 16.8 Å². The lowest BCUT2D eigenvalue weighted by Crippen LogP contribution is -2.32. The maximum Gasteiger partial charge on any atom is 0.319 e. The van der Waals surface area contributed by atoms with Gasteiger partial charge in [-0.25, -0.2) is 4.79 Å². The number of fused-ring (bicyclic) bond motifs is 1. The summed E-state index contributed by atoms with van der Waals surface area (Å²) in [5.74, 6) is 0.0266. The summed E-state index contributed by atoms with van der Waals surface area (Å²) in [6.45, 7) is 3.10. The molecule has 1 aliphatic rings. The second kappa shape index (κ2) is 9.47. The Kier molecular flexibility index (Phi) is 6.32. The Morgan fingerprint density at radius 1 is 0.935 bits per heavy atom. The van der Waals surface area contributed by atoms with E-state index in [1.165, 1.54) is 5.56 Å². The number of hydrogen-bond acceptors (Lipinski definition) is 2. The molecule has 0 aliphatic carbocycles. The van der Waals surface area contributed by atoms with Crippen LogP contribution in [0.1, 0.15) is 39.9 Å². The largest absolute Gasteiger partial charge is 0.334 e. The molecule has 0 fully saturated rings. The maximum atomic E-state index is 13.3. The third kappa shape index (κ3) is 4.94. The molecule has 0 spiro atoms. The van der Waals surface area contributed by atoms with Crippen molar-refractivity contribution in [2.45, 2.75) is 32.7 Å². The van der Waals surface area contributed by atoms with Gasteiger partial charge >= 0.3 is 6.03 Å². The molecule has 0 aromatic heterocycles. The Bertz CT molecular complexity index is 1080. The number of nitrogens with one attached hydrogen (secondary N) is 2. The molecule has 0 unspecified atom stereocenters. The van der Waals surface area contributed by atoms with Crippen LogP contribution >= 0.6 is 0 Å². The van der Waals surface area contributed by atoms with Gasteiger partial charge in [0.2, 0.25) is 0 Å². The lowest BCUT2D eigenvalue weighted by molar-refractivity contribution is 0.0987. The third-order valence-electron chi connectivity index (χ3n) is 5.67. The lowest BCUT2D eigenvalue weighted by atomic mass is 10.0. The van der Waals surface area contributed by atoms with Gasteiger partial charge in [0.25, 0.3) is 5.91 Å². The highest BCUT2D eigenvalue weighted by atomic mass is 16.2. The molecule has 0 atom stereocenters. The van der Waals surface area contributed by atoms with Crippen LogP contribution in [0.2, 0.25) is 0 Å². The summed E-state index contributed by atoms with van der Waals surface area (Å²) in [6.07, 6.45) is 3.10.